The Morgan fingerprint density at radius 1 is 1.19 bits per heavy atom. The van der Waals surface area contributed by atoms with Crippen molar-refractivity contribution in [2.24, 2.45) is 0 Å². The van der Waals surface area contributed by atoms with Gasteiger partial charge in [-0.3, -0.25) is 4.90 Å². The van der Waals surface area contributed by atoms with E-state index >= 15 is 4.39 Å². The van der Waals surface area contributed by atoms with Gasteiger partial charge in [-0.2, -0.15) is 15.2 Å². The van der Waals surface area contributed by atoms with Crippen LogP contribution in [0.2, 0.25) is 5.02 Å². The maximum atomic E-state index is 16.2. The van der Waals surface area contributed by atoms with Gasteiger partial charge < -0.3 is 20.1 Å². The first kappa shape index (κ1) is 28.4. The van der Waals surface area contributed by atoms with Gasteiger partial charge in [0.1, 0.15) is 34.4 Å². The molecule has 13 heteroatoms. The Morgan fingerprint density at radius 3 is 2.67 bits per heavy atom. The molecule has 2 N–H and O–H groups in total. The smallest absolute Gasteiger partial charge is 0.318 e. The molecule has 4 aliphatic heterocycles. The van der Waals surface area contributed by atoms with E-state index in [-0.39, 0.29) is 60.4 Å². The number of fused-ring (bicyclic) bond motifs is 5. The second-order valence-corrected chi connectivity index (χ2v) is 12.8. The second-order valence-electron chi connectivity index (χ2n) is 11.3. The molecule has 2 bridgehead atoms. The highest BCUT2D eigenvalue weighted by molar-refractivity contribution is 7.23. The van der Waals surface area contributed by atoms with Gasteiger partial charge in [-0.25, -0.2) is 13.2 Å². The van der Waals surface area contributed by atoms with Gasteiger partial charge in [0.15, 0.2) is 5.82 Å². The van der Waals surface area contributed by atoms with Crippen LogP contribution in [0, 0.1) is 23.0 Å². The first-order chi connectivity index (χ1) is 20.8. The summed E-state index contributed by atoms with van der Waals surface area (Å²) in [6, 6.07) is 7.11. The van der Waals surface area contributed by atoms with E-state index in [0.717, 1.165) is 30.7 Å². The number of rotatable bonds is 3. The zero-order valence-corrected chi connectivity index (χ0v) is 24.8. The van der Waals surface area contributed by atoms with Gasteiger partial charge in [0, 0.05) is 28.9 Å². The molecule has 0 aliphatic carbocycles. The van der Waals surface area contributed by atoms with Crippen molar-refractivity contribution in [3.63, 3.8) is 0 Å². The zero-order chi connectivity index (χ0) is 30.0. The average molecular weight is 629 g/mol. The number of hydrogen-bond acceptors (Lipinski definition) is 9. The molecule has 4 unspecified atom stereocenters. The Morgan fingerprint density at radius 2 is 1.98 bits per heavy atom. The van der Waals surface area contributed by atoms with Gasteiger partial charge in [0.25, 0.3) is 0 Å². The Hall–Kier alpha value is -3.37. The van der Waals surface area contributed by atoms with Crippen molar-refractivity contribution in [1.29, 1.82) is 5.26 Å². The van der Waals surface area contributed by atoms with E-state index in [9.17, 15) is 14.0 Å². The Balaban J connectivity index is 0.000000283. The summed E-state index contributed by atoms with van der Waals surface area (Å²) in [5.41, 5.74) is 6.33. The van der Waals surface area contributed by atoms with Crippen molar-refractivity contribution in [2.75, 3.05) is 44.0 Å². The zero-order valence-electron chi connectivity index (χ0n) is 23.2. The minimum atomic E-state index is -0.715. The van der Waals surface area contributed by atoms with Crippen LogP contribution in [0.3, 0.4) is 0 Å². The highest BCUT2D eigenvalue weighted by Gasteiger charge is 2.44. The first-order valence-corrected chi connectivity index (χ1v) is 15.4. The summed E-state index contributed by atoms with van der Waals surface area (Å²) < 4.78 is 54.3. The number of benzene rings is 2. The van der Waals surface area contributed by atoms with E-state index in [0.29, 0.717) is 37.0 Å². The number of nitrogen functional groups attached to an aromatic ring is 1. The molecule has 6 heterocycles. The molecular formula is C30H28ClF3N6O2S. The number of anilines is 2. The molecule has 224 valence electrons. The lowest BCUT2D eigenvalue weighted by molar-refractivity contribution is 0.00984. The number of nitriles is 1. The molecule has 8 rings (SSSR count). The number of ether oxygens (including phenoxy) is 2. The molecule has 0 saturated carbocycles. The molecule has 2 aromatic carbocycles. The van der Waals surface area contributed by atoms with Gasteiger partial charge in [0.05, 0.1) is 47.7 Å². The molecule has 0 amide bonds. The Bertz CT molecular complexity index is 1770. The molecule has 2 aromatic heterocycles. The van der Waals surface area contributed by atoms with E-state index in [1.54, 1.807) is 6.07 Å². The molecule has 43 heavy (non-hydrogen) atoms. The number of methoxy groups -OCH3 is 1. The molecular weight excluding hydrogens is 601 g/mol. The largest absolute Gasteiger partial charge is 0.467 e. The number of nitrogens with two attached hydrogens (primary N) is 1. The molecule has 0 spiro atoms. The number of halogens is 4. The van der Waals surface area contributed by atoms with Gasteiger partial charge in [-0.05, 0) is 49.9 Å². The fourth-order valence-corrected chi connectivity index (χ4v) is 8.16. The van der Waals surface area contributed by atoms with Gasteiger partial charge >= 0.3 is 6.01 Å². The summed E-state index contributed by atoms with van der Waals surface area (Å²) in [6.07, 6.45) is 3.78. The summed E-state index contributed by atoms with van der Waals surface area (Å²) in [5, 5.41) is 10.5. The fraction of sp³-hybridized carbons (Fsp3) is 0.433. The summed E-state index contributed by atoms with van der Waals surface area (Å²) >= 11 is 7.58. The number of aromatic nitrogens is 2. The van der Waals surface area contributed by atoms with Crippen LogP contribution in [0.15, 0.2) is 18.2 Å². The first-order valence-electron chi connectivity index (χ1n) is 14.2. The van der Waals surface area contributed by atoms with E-state index in [1.165, 1.54) is 32.1 Å². The maximum absolute atomic E-state index is 16.2. The molecule has 8 nitrogen and oxygen atoms in total. The van der Waals surface area contributed by atoms with Crippen LogP contribution in [0.5, 0.6) is 6.01 Å². The van der Waals surface area contributed by atoms with Crippen molar-refractivity contribution < 1.29 is 22.6 Å². The second kappa shape index (κ2) is 11.0. The standard InChI is InChI=1S/C23H16ClF2N5O2S.C7H12FN/c1-32-23-29-19-12(22(30-23)31-9-4-10(31)8-33-7-9)5-14(24)17(18(19)26)11-2-3-15(25)20-16(11)13(6-27)21(28)34-20;8-6-4-7-2-1-3-9(7)5-6/h2-3,5,9-10H,4,7-8,28H2,1H3;6-7H,1-5H2. The van der Waals surface area contributed by atoms with Crippen LogP contribution in [0.25, 0.3) is 32.1 Å². The lowest BCUT2D eigenvalue weighted by Gasteiger charge is -2.53. The fourth-order valence-electron chi connectivity index (χ4n) is 6.91. The molecule has 4 aromatic rings. The van der Waals surface area contributed by atoms with E-state index in [2.05, 4.69) is 19.8 Å². The highest BCUT2D eigenvalue weighted by atomic mass is 35.5. The average Bonchev–Trinajstić information content (AvgIpc) is 3.68. The molecule has 4 atom stereocenters. The van der Waals surface area contributed by atoms with Crippen LogP contribution in [0.1, 0.15) is 31.2 Å². The van der Waals surface area contributed by atoms with Crippen molar-refractivity contribution in [1.82, 2.24) is 14.9 Å². The lowest BCUT2D eigenvalue weighted by atomic mass is 9.90. The van der Waals surface area contributed by atoms with Crippen LogP contribution in [-0.2, 0) is 4.74 Å². The minimum Gasteiger partial charge on any atom is -0.467 e. The quantitative estimate of drug-likeness (QED) is 0.292. The molecule has 4 aliphatic rings. The third-order valence-corrected chi connectivity index (χ3v) is 10.2. The number of alkyl halides is 1. The van der Waals surface area contributed by atoms with Crippen LogP contribution < -0.4 is 15.4 Å². The maximum Gasteiger partial charge on any atom is 0.318 e. The van der Waals surface area contributed by atoms with Crippen LogP contribution >= 0.6 is 22.9 Å². The number of morpholine rings is 1. The Kier molecular flexibility index (Phi) is 7.24. The molecule has 4 fully saturated rings. The van der Waals surface area contributed by atoms with Gasteiger partial charge in [-0.1, -0.05) is 17.7 Å². The Labute approximate surface area is 254 Å². The molecule has 0 radical (unpaired) electrons. The minimum absolute atomic E-state index is 0.00677. The van der Waals surface area contributed by atoms with Gasteiger partial charge in [-0.15, -0.1) is 11.3 Å². The normalized spacial score (nSPS) is 24.4. The van der Waals surface area contributed by atoms with Crippen LogP contribution in [-0.4, -0.2) is 72.6 Å². The number of nitrogens with zero attached hydrogens (tertiary/aromatic N) is 5. The summed E-state index contributed by atoms with van der Waals surface area (Å²) in [4.78, 5) is 13.2. The highest BCUT2D eigenvalue weighted by Crippen LogP contribution is 2.47. The third kappa shape index (κ3) is 4.65. The van der Waals surface area contributed by atoms with E-state index < -0.39 is 17.8 Å². The predicted octanol–water partition coefficient (Wildman–Crippen LogP) is 6.08. The third-order valence-electron chi connectivity index (χ3n) is 8.88. The van der Waals surface area contributed by atoms with Gasteiger partial charge in [0.2, 0.25) is 0 Å². The van der Waals surface area contributed by atoms with Crippen molar-refractivity contribution in [2.45, 2.75) is 50.0 Å². The van der Waals surface area contributed by atoms with Crippen molar-refractivity contribution in [3.05, 3.63) is 40.4 Å². The summed E-state index contributed by atoms with van der Waals surface area (Å²) in [5.74, 6) is -0.736. The van der Waals surface area contributed by atoms with E-state index in [1.807, 2.05) is 6.07 Å². The molecule has 4 saturated heterocycles. The van der Waals surface area contributed by atoms with Crippen LogP contribution in [0.4, 0.5) is 24.0 Å². The SMILES string of the molecule is COc1nc(N2C3COCC2C3)c2cc(Cl)c(-c3ccc(F)c4sc(N)c(C#N)c34)c(F)c2n1.FC1CC2CCCN2C1. The van der Waals surface area contributed by atoms with Crippen molar-refractivity contribution in [3.8, 4) is 23.2 Å². The number of thiophene rings is 1. The lowest BCUT2D eigenvalue weighted by Crippen LogP contribution is -2.64. The number of hydrogen-bond donors (Lipinski definition) is 1. The predicted molar refractivity (Wildman–Crippen MR) is 161 cm³/mol. The summed E-state index contributed by atoms with van der Waals surface area (Å²) in [6.45, 7) is 2.97. The monoisotopic (exact) mass is 628 g/mol. The van der Waals surface area contributed by atoms with E-state index in [4.69, 9.17) is 26.8 Å². The topological polar surface area (TPSA) is 101 Å². The summed E-state index contributed by atoms with van der Waals surface area (Å²) in [7, 11) is 1.41. The van der Waals surface area contributed by atoms with Crippen molar-refractivity contribution >= 4 is 54.7 Å².